The largest absolute Gasteiger partial charge is 0.499 e. The molecule has 0 radical (unpaired) electrons. The van der Waals surface area contributed by atoms with Gasteiger partial charge in [-0.15, -0.1) is 0 Å². The van der Waals surface area contributed by atoms with Crippen molar-refractivity contribution in [1.82, 2.24) is 14.4 Å². The van der Waals surface area contributed by atoms with E-state index < -0.39 is 113 Å². The highest BCUT2D eigenvalue weighted by Crippen LogP contribution is 2.41. The number of benzene rings is 1. The minimum atomic E-state index is -1.87. The first-order valence-corrected chi connectivity index (χ1v) is 27.8. The van der Waals surface area contributed by atoms with Gasteiger partial charge in [-0.05, 0) is 125 Å². The number of esters is 2. The number of likely N-dealkylation sites (N-methyl/N-ethyl adjacent to an activating group) is 2. The topological polar surface area (TPSA) is 253 Å². The van der Waals surface area contributed by atoms with Gasteiger partial charge in [-0.25, -0.2) is 4.79 Å². The molecule has 3 aliphatic heterocycles. The Morgan fingerprint density at radius 2 is 1.63 bits per heavy atom. The molecule has 0 spiro atoms. The lowest BCUT2D eigenvalue weighted by molar-refractivity contribution is -0.321. The fourth-order valence-electron chi connectivity index (χ4n) is 12.0. The summed E-state index contributed by atoms with van der Waals surface area (Å²) in [6, 6.07) is 4.45. The van der Waals surface area contributed by atoms with Gasteiger partial charge in [0, 0.05) is 64.2 Å². The quantitative estimate of drug-likeness (QED) is 0.0827. The molecule has 1 unspecified atom stereocenters. The molecule has 0 bridgehead atoms. The van der Waals surface area contributed by atoms with E-state index in [2.05, 4.69) is 0 Å². The Hall–Kier alpha value is -4.10. The molecule has 448 valence electrons. The second kappa shape index (κ2) is 28.3. The number of nitrogens with zero attached hydrogens (tertiary/aromatic N) is 3. The van der Waals surface area contributed by atoms with Crippen molar-refractivity contribution in [3.8, 4) is 0 Å². The summed E-state index contributed by atoms with van der Waals surface area (Å²) in [6.07, 6.45) is -3.26. The molecule has 0 amide bonds. The van der Waals surface area contributed by atoms with Crippen LogP contribution in [0.15, 0.2) is 41.5 Å². The van der Waals surface area contributed by atoms with E-state index in [1.807, 2.05) is 71.6 Å². The summed E-state index contributed by atoms with van der Waals surface area (Å²) < 4.78 is 64.5. The van der Waals surface area contributed by atoms with Crippen molar-refractivity contribution in [2.45, 2.75) is 205 Å². The molecule has 3 aliphatic rings. The zero-order valence-electron chi connectivity index (χ0n) is 49.5. The number of hydrogen-bond acceptors (Lipinski definition) is 19. The minimum Gasteiger partial charge on any atom is -0.499 e. The van der Waals surface area contributed by atoms with Crippen LogP contribution in [0.25, 0.3) is 10.9 Å². The molecular weight excluding hydrogens is 1030 g/mol. The summed E-state index contributed by atoms with van der Waals surface area (Å²) in [6.45, 7) is 20.5. The molecule has 4 heterocycles. The predicted molar refractivity (Wildman–Crippen MR) is 293 cm³/mol. The maximum absolute atomic E-state index is 14.7. The van der Waals surface area contributed by atoms with E-state index in [4.69, 9.17) is 47.4 Å². The summed E-state index contributed by atoms with van der Waals surface area (Å²) in [5.41, 5.74) is -4.02. The highest BCUT2D eigenvalue weighted by atomic mass is 16.7. The van der Waals surface area contributed by atoms with Crippen LogP contribution in [-0.4, -0.2) is 205 Å². The minimum absolute atomic E-state index is 0.130. The van der Waals surface area contributed by atoms with Crippen molar-refractivity contribution >= 4 is 28.8 Å². The van der Waals surface area contributed by atoms with Crippen LogP contribution in [0, 0.1) is 17.8 Å². The lowest BCUT2D eigenvalue weighted by atomic mass is 9.77. The number of carbonyl (C=O) groups is 3. The number of aliphatic hydroxyl groups is 3. The fourth-order valence-corrected chi connectivity index (χ4v) is 12.0. The van der Waals surface area contributed by atoms with Crippen LogP contribution in [-0.2, 0) is 69.9 Å². The van der Waals surface area contributed by atoms with Crippen LogP contribution < -0.4 is 5.43 Å². The van der Waals surface area contributed by atoms with E-state index in [1.165, 1.54) is 26.3 Å². The highest BCUT2D eigenvalue weighted by Gasteiger charge is 2.54. The van der Waals surface area contributed by atoms with Crippen molar-refractivity contribution in [3.05, 3.63) is 58.1 Å². The van der Waals surface area contributed by atoms with E-state index >= 15 is 0 Å². The zero-order valence-corrected chi connectivity index (χ0v) is 49.5. The summed E-state index contributed by atoms with van der Waals surface area (Å²) in [7, 11) is 8.72. The van der Waals surface area contributed by atoms with Gasteiger partial charge in [0.05, 0.1) is 72.6 Å². The van der Waals surface area contributed by atoms with E-state index in [0.717, 1.165) is 5.56 Å². The van der Waals surface area contributed by atoms with E-state index in [1.54, 1.807) is 64.7 Å². The number of carbonyl (C=O) groups excluding carboxylic acids is 2. The number of ether oxygens (including phenoxy) is 10. The Morgan fingerprint density at radius 3 is 2.25 bits per heavy atom. The first-order chi connectivity index (χ1) is 37.0. The van der Waals surface area contributed by atoms with Crippen molar-refractivity contribution in [3.63, 3.8) is 0 Å². The molecule has 5 rings (SSSR count). The summed E-state index contributed by atoms with van der Waals surface area (Å²) >= 11 is 0. The number of rotatable bonds is 19. The molecule has 3 fully saturated rings. The average molecular weight is 1120 g/mol. The first kappa shape index (κ1) is 65.7. The molecule has 2 aromatic rings. The van der Waals surface area contributed by atoms with Crippen LogP contribution in [0.2, 0.25) is 0 Å². The third kappa shape index (κ3) is 16.1. The third-order valence-electron chi connectivity index (χ3n) is 16.4. The molecule has 0 aliphatic carbocycles. The predicted octanol–water partition coefficient (Wildman–Crippen LogP) is 4.93. The molecular formula is C58H93N3O18. The number of allylic oxidation sites excluding steroid dienone is 1. The SMILES string of the molecule is CC[C@H]1OC(=O)[C@H](C)[C@@H](O[C@H]2C[C@@](C)(OC)[C@@H](OCCO/C=C/Cc3ccc4c(c3)c(=O)c(C(=O)O)cn4CCOC)[C@H](C)O2)[C@H](C)[C@@H](O[C@@H]2O[C@H](C)C[C@H](N(C)C)[C@H]2OC(C)=O)[C@](C)(O)C[C@@H](C)CN(C)[C@H](C)C(O)[C@]1(C)O. The lowest BCUT2D eigenvalue weighted by Crippen LogP contribution is -2.61. The number of carboxylic acids is 1. The smallest absolute Gasteiger partial charge is 0.341 e. The van der Waals surface area contributed by atoms with Crippen molar-refractivity contribution in [1.29, 1.82) is 0 Å². The summed E-state index contributed by atoms with van der Waals surface area (Å²) in [5.74, 6) is -4.70. The molecule has 0 saturated carbocycles. The number of carboxylic acid groups (broad SMARTS) is 1. The van der Waals surface area contributed by atoms with E-state index in [9.17, 15) is 39.6 Å². The normalized spacial score (nSPS) is 36.7. The van der Waals surface area contributed by atoms with E-state index in [0.29, 0.717) is 43.4 Å². The lowest BCUT2D eigenvalue weighted by Gasteiger charge is -2.49. The van der Waals surface area contributed by atoms with Gasteiger partial charge in [-0.1, -0.05) is 26.8 Å². The van der Waals surface area contributed by atoms with Gasteiger partial charge >= 0.3 is 17.9 Å². The third-order valence-corrected chi connectivity index (χ3v) is 16.4. The van der Waals surface area contributed by atoms with Crippen molar-refractivity contribution < 1.29 is 82.2 Å². The Balaban J connectivity index is 1.40. The molecule has 21 nitrogen and oxygen atoms in total. The number of hydrogen-bond donors (Lipinski definition) is 4. The number of aliphatic hydroxyl groups excluding tert-OH is 1. The van der Waals surface area contributed by atoms with Crippen LogP contribution in [0.5, 0.6) is 0 Å². The number of aromatic nitrogens is 1. The molecule has 21 heteroatoms. The standard InChI is InChI=1S/C58H93N3O18/c1-17-45-58(11,69)50(64)37(6)60(14)31-33(2)29-56(9,68)51(79-55-49(76-39(8)62)44(59(12)13)27-34(3)74-55)35(4)48(36(5)54(67)77-45)78-46-30-57(10,71-16)52(38(7)75-46)73-26-25-72-23-18-19-40-20-21-43-41(28-40)47(63)42(53(65)66)32-61(43)22-24-70-15/h18,20-21,23,28,32-38,44-46,48-52,55,64,68-69H,17,19,22,24-27,29-31H2,1-16H3,(H,65,66)/b23-18+/t33-,34-,35+,36-,37-,38+,44+,45-,46+,48+,49-,50?,51-,52+,55+,56-,57-,58-/m1/s1. The van der Waals surface area contributed by atoms with Crippen LogP contribution in [0.1, 0.15) is 118 Å². The molecule has 4 N–H and O–H groups in total. The second-order valence-electron chi connectivity index (χ2n) is 23.3. The van der Waals surface area contributed by atoms with Crippen molar-refractivity contribution in [2.24, 2.45) is 17.8 Å². The Bertz CT molecular complexity index is 2410. The number of pyridine rings is 1. The maximum Gasteiger partial charge on any atom is 0.341 e. The average Bonchev–Trinajstić information content (AvgIpc) is 3.38. The first-order valence-electron chi connectivity index (χ1n) is 27.8. The van der Waals surface area contributed by atoms with Crippen LogP contribution in [0.3, 0.4) is 0 Å². The van der Waals surface area contributed by atoms with Gasteiger partial charge in [0.25, 0.3) is 0 Å². The summed E-state index contributed by atoms with van der Waals surface area (Å²) in [5, 5.41) is 46.6. The fraction of sp³-hybridized carbons (Fsp3) is 0.759. The van der Waals surface area contributed by atoms with Gasteiger partial charge in [-0.3, -0.25) is 14.4 Å². The number of cyclic esters (lactones) is 1. The van der Waals surface area contributed by atoms with Crippen LogP contribution >= 0.6 is 0 Å². The Kier molecular flexibility index (Phi) is 23.5. The monoisotopic (exact) mass is 1120 g/mol. The van der Waals surface area contributed by atoms with Gasteiger partial charge in [0.1, 0.15) is 36.1 Å². The molecule has 1 aromatic carbocycles. The molecule has 1 aromatic heterocycles. The zero-order chi connectivity index (χ0) is 58.9. The molecule has 18 atom stereocenters. The van der Waals surface area contributed by atoms with Gasteiger partial charge < -0.3 is 82.2 Å². The Morgan fingerprint density at radius 1 is 0.937 bits per heavy atom. The van der Waals surface area contributed by atoms with E-state index in [-0.39, 0.29) is 56.1 Å². The molecule has 3 saturated heterocycles. The van der Waals surface area contributed by atoms with Gasteiger partial charge in [-0.2, -0.15) is 0 Å². The Labute approximate surface area is 466 Å². The van der Waals surface area contributed by atoms with Gasteiger partial charge in [0.2, 0.25) is 5.43 Å². The number of aromatic carboxylic acids is 1. The van der Waals surface area contributed by atoms with Crippen molar-refractivity contribution in [2.75, 3.05) is 61.7 Å². The number of fused-ring (bicyclic) bond motifs is 1. The number of methoxy groups -OCH3 is 2. The van der Waals surface area contributed by atoms with Crippen LogP contribution in [0.4, 0.5) is 0 Å². The maximum atomic E-state index is 14.7. The van der Waals surface area contributed by atoms with Gasteiger partial charge in [0.15, 0.2) is 18.7 Å². The highest BCUT2D eigenvalue weighted by molar-refractivity contribution is 5.92. The summed E-state index contributed by atoms with van der Waals surface area (Å²) in [4.78, 5) is 56.3. The molecule has 79 heavy (non-hydrogen) atoms. The second-order valence-corrected chi connectivity index (χ2v) is 23.3.